The van der Waals surface area contributed by atoms with E-state index in [4.69, 9.17) is 9.47 Å². The SMILES string of the molecule is CCCCC/C=C/C/C=C\CCCCCCCCCC(=O)N[C@@H](CO[C@H]1O[C@H](CO)[C@H](O)[C@H](O)[C@H]1O)[C@H](O)[C@H](O)CCCCCCCCCCCCCC. The molecule has 1 heterocycles. The zero-order valence-electron chi connectivity index (χ0n) is 34.3. The van der Waals surface area contributed by atoms with Crippen LogP contribution in [0, 0.1) is 0 Å². The fourth-order valence-electron chi connectivity index (χ4n) is 6.99. The van der Waals surface area contributed by atoms with Gasteiger partial charge in [-0.05, 0) is 44.9 Å². The number of hydrogen-bond donors (Lipinski definition) is 7. The number of hydrogen-bond acceptors (Lipinski definition) is 9. The number of allylic oxidation sites excluding steroid dienone is 4. The maximum absolute atomic E-state index is 13.0. The summed E-state index contributed by atoms with van der Waals surface area (Å²) in [6, 6.07) is -0.993. The van der Waals surface area contributed by atoms with Crippen molar-refractivity contribution in [2.75, 3.05) is 13.2 Å². The van der Waals surface area contributed by atoms with Gasteiger partial charge in [0.2, 0.25) is 5.91 Å². The number of aliphatic hydroxyl groups excluding tert-OH is 6. The Kier molecular flexibility index (Phi) is 32.7. The third kappa shape index (κ3) is 25.0. The van der Waals surface area contributed by atoms with Crippen LogP contribution < -0.4 is 5.32 Å². The first-order valence-electron chi connectivity index (χ1n) is 22.1. The summed E-state index contributed by atoms with van der Waals surface area (Å²) in [7, 11) is 0. The second-order valence-electron chi connectivity index (χ2n) is 15.6. The molecule has 0 aromatic heterocycles. The zero-order chi connectivity index (χ0) is 39.7. The first kappa shape index (κ1) is 50.6. The van der Waals surface area contributed by atoms with Crippen molar-refractivity contribution in [2.24, 2.45) is 0 Å². The first-order chi connectivity index (χ1) is 26.3. The molecule has 0 saturated carbocycles. The van der Waals surface area contributed by atoms with Gasteiger partial charge in [-0.2, -0.15) is 0 Å². The molecule has 1 rings (SSSR count). The van der Waals surface area contributed by atoms with E-state index in [2.05, 4.69) is 43.5 Å². The van der Waals surface area contributed by atoms with Crippen molar-refractivity contribution in [3.63, 3.8) is 0 Å². The third-order valence-electron chi connectivity index (χ3n) is 10.6. The molecule has 0 radical (unpaired) electrons. The monoisotopic (exact) mass is 770 g/mol. The van der Waals surface area contributed by atoms with Crippen LogP contribution in [0.2, 0.25) is 0 Å². The Morgan fingerprint density at radius 3 is 1.69 bits per heavy atom. The van der Waals surface area contributed by atoms with E-state index in [0.717, 1.165) is 57.8 Å². The van der Waals surface area contributed by atoms with Crippen LogP contribution in [0.5, 0.6) is 0 Å². The second-order valence-corrected chi connectivity index (χ2v) is 15.6. The van der Waals surface area contributed by atoms with Crippen LogP contribution in [0.4, 0.5) is 0 Å². The number of amides is 1. The van der Waals surface area contributed by atoms with Gasteiger partial charge in [-0.25, -0.2) is 0 Å². The predicted molar refractivity (Wildman–Crippen MR) is 218 cm³/mol. The van der Waals surface area contributed by atoms with Gasteiger partial charge in [0.1, 0.15) is 30.5 Å². The zero-order valence-corrected chi connectivity index (χ0v) is 34.3. The van der Waals surface area contributed by atoms with Crippen LogP contribution in [-0.4, -0.2) is 98.7 Å². The molecule has 318 valence electrons. The summed E-state index contributed by atoms with van der Waals surface area (Å²) in [4.78, 5) is 13.0. The highest BCUT2D eigenvalue weighted by molar-refractivity contribution is 5.76. The summed E-state index contributed by atoms with van der Waals surface area (Å²) < 4.78 is 11.1. The molecule has 0 aliphatic carbocycles. The van der Waals surface area contributed by atoms with E-state index >= 15 is 0 Å². The fraction of sp³-hybridized carbons (Fsp3) is 0.886. The summed E-state index contributed by atoms with van der Waals surface area (Å²) in [5.74, 6) is -0.267. The molecule has 1 fully saturated rings. The third-order valence-corrected chi connectivity index (χ3v) is 10.6. The Labute approximate surface area is 329 Å². The summed E-state index contributed by atoms with van der Waals surface area (Å²) >= 11 is 0. The summed E-state index contributed by atoms with van der Waals surface area (Å²) in [5.41, 5.74) is 0. The minimum Gasteiger partial charge on any atom is -0.394 e. The molecule has 1 aliphatic rings. The lowest BCUT2D eigenvalue weighted by atomic mass is 9.98. The Morgan fingerprint density at radius 1 is 0.648 bits per heavy atom. The molecule has 0 aromatic rings. The van der Waals surface area contributed by atoms with Crippen LogP contribution in [0.1, 0.15) is 187 Å². The van der Waals surface area contributed by atoms with Gasteiger partial charge in [-0.3, -0.25) is 4.79 Å². The van der Waals surface area contributed by atoms with Crippen molar-refractivity contribution in [1.29, 1.82) is 0 Å². The summed E-state index contributed by atoms with van der Waals surface area (Å²) in [6.45, 7) is 3.56. The van der Waals surface area contributed by atoms with Crippen LogP contribution >= 0.6 is 0 Å². The lowest BCUT2D eigenvalue weighted by Crippen LogP contribution is -2.60. The smallest absolute Gasteiger partial charge is 0.220 e. The lowest BCUT2D eigenvalue weighted by Gasteiger charge is -2.40. The van der Waals surface area contributed by atoms with E-state index < -0.39 is 55.6 Å². The minimum absolute atomic E-state index is 0.267. The molecule has 54 heavy (non-hydrogen) atoms. The highest BCUT2D eigenvalue weighted by atomic mass is 16.7. The summed E-state index contributed by atoms with van der Waals surface area (Å²) in [6.07, 6.45) is 28.9. The van der Waals surface area contributed by atoms with Crippen molar-refractivity contribution < 1.29 is 44.9 Å². The van der Waals surface area contributed by atoms with Crippen molar-refractivity contribution in [2.45, 2.75) is 236 Å². The molecule has 0 unspecified atom stereocenters. The highest BCUT2D eigenvalue weighted by Crippen LogP contribution is 2.23. The molecule has 10 heteroatoms. The quantitative estimate of drug-likeness (QED) is 0.0250. The number of unbranched alkanes of at least 4 members (excludes halogenated alkanes) is 21. The molecule has 0 aromatic carbocycles. The van der Waals surface area contributed by atoms with E-state index in [9.17, 15) is 35.4 Å². The lowest BCUT2D eigenvalue weighted by molar-refractivity contribution is -0.303. The van der Waals surface area contributed by atoms with E-state index in [0.29, 0.717) is 12.8 Å². The number of nitrogens with one attached hydrogen (secondary N) is 1. The van der Waals surface area contributed by atoms with Gasteiger partial charge >= 0.3 is 0 Å². The van der Waals surface area contributed by atoms with Gasteiger partial charge in [0.05, 0.1) is 25.4 Å². The number of ether oxygens (including phenoxy) is 2. The number of carbonyl (C=O) groups is 1. The normalized spacial score (nSPS) is 22.3. The average molecular weight is 770 g/mol. The van der Waals surface area contributed by atoms with Crippen molar-refractivity contribution in [3.8, 4) is 0 Å². The Hall–Kier alpha value is -1.37. The van der Waals surface area contributed by atoms with E-state index in [1.807, 2.05) is 0 Å². The van der Waals surface area contributed by atoms with Crippen LogP contribution in [0.3, 0.4) is 0 Å². The number of rotatable bonds is 36. The summed E-state index contributed by atoms with van der Waals surface area (Å²) in [5, 5.41) is 65.0. The molecular weight excluding hydrogens is 686 g/mol. The Balaban J connectivity index is 2.42. The van der Waals surface area contributed by atoms with E-state index in [1.165, 1.54) is 96.3 Å². The largest absolute Gasteiger partial charge is 0.394 e. The molecule has 1 aliphatic heterocycles. The fourth-order valence-corrected chi connectivity index (χ4v) is 6.99. The van der Waals surface area contributed by atoms with Crippen molar-refractivity contribution in [1.82, 2.24) is 5.32 Å². The maximum atomic E-state index is 13.0. The minimum atomic E-state index is -1.61. The van der Waals surface area contributed by atoms with Gasteiger partial charge < -0.3 is 45.4 Å². The molecule has 1 saturated heterocycles. The van der Waals surface area contributed by atoms with Gasteiger partial charge in [0, 0.05) is 6.42 Å². The standard InChI is InChI=1S/C44H83NO9/c1-3-5-7-9-11-13-15-17-18-19-20-21-23-25-27-29-31-33-39(48)45-36(35-53-44-43(52)42(51)41(50)38(34-46)54-44)40(49)37(47)32-30-28-26-24-22-16-14-12-10-8-6-4-2/h11,13,17-18,36-38,40-44,46-47,49-52H,3-10,12,14-16,19-35H2,1-2H3,(H,45,48)/b13-11+,18-17-/t36-,37+,38+,40-,41-,42-,43+,44-/m0/s1. The molecular formula is C44H83NO9. The number of aliphatic hydroxyl groups is 6. The van der Waals surface area contributed by atoms with E-state index in [-0.39, 0.29) is 18.9 Å². The topological polar surface area (TPSA) is 169 Å². The van der Waals surface area contributed by atoms with Gasteiger partial charge in [-0.1, -0.05) is 160 Å². The number of carbonyl (C=O) groups excluding carboxylic acids is 1. The Morgan fingerprint density at radius 2 is 1.13 bits per heavy atom. The highest BCUT2D eigenvalue weighted by Gasteiger charge is 2.44. The maximum Gasteiger partial charge on any atom is 0.220 e. The van der Waals surface area contributed by atoms with Crippen molar-refractivity contribution >= 4 is 5.91 Å². The predicted octanol–water partition coefficient (Wildman–Crippen LogP) is 7.69. The second kappa shape index (κ2) is 34.8. The molecule has 10 nitrogen and oxygen atoms in total. The van der Waals surface area contributed by atoms with Gasteiger partial charge in [0.15, 0.2) is 6.29 Å². The molecule has 8 atom stereocenters. The molecule has 0 spiro atoms. The molecule has 7 N–H and O–H groups in total. The van der Waals surface area contributed by atoms with Crippen molar-refractivity contribution in [3.05, 3.63) is 24.3 Å². The first-order valence-corrected chi connectivity index (χ1v) is 22.1. The van der Waals surface area contributed by atoms with Crippen LogP contribution in [0.15, 0.2) is 24.3 Å². The average Bonchev–Trinajstić information content (AvgIpc) is 3.17. The van der Waals surface area contributed by atoms with E-state index in [1.54, 1.807) is 0 Å². The Bertz CT molecular complexity index is 916. The van der Waals surface area contributed by atoms with Gasteiger partial charge in [-0.15, -0.1) is 0 Å². The molecule has 0 bridgehead atoms. The van der Waals surface area contributed by atoms with Crippen LogP contribution in [0.25, 0.3) is 0 Å². The molecule has 1 amide bonds. The van der Waals surface area contributed by atoms with Crippen LogP contribution in [-0.2, 0) is 14.3 Å². The van der Waals surface area contributed by atoms with Gasteiger partial charge in [0.25, 0.3) is 0 Å².